The van der Waals surface area contributed by atoms with Gasteiger partial charge in [0.2, 0.25) is 0 Å². The van der Waals surface area contributed by atoms with E-state index in [1.165, 1.54) is 16.7 Å². The van der Waals surface area contributed by atoms with Crippen LogP contribution in [0.15, 0.2) is 59.2 Å². The Kier molecular flexibility index (Phi) is 6.21. The van der Waals surface area contributed by atoms with E-state index in [9.17, 15) is 9.59 Å². The fourth-order valence-corrected chi connectivity index (χ4v) is 3.80. The van der Waals surface area contributed by atoms with Gasteiger partial charge in [0.15, 0.2) is 5.17 Å². The molecule has 0 spiro atoms. The zero-order valence-corrected chi connectivity index (χ0v) is 16.3. The van der Waals surface area contributed by atoms with Gasteiger partial charge in [-0.1, -0.05) is 59.2 Å². The van der Waals surface area contributed by atoms with Crippen LogP contribution < -0.4 is 4.90 Å². The van der Waals surface area contributed by atoms with E-state index >= 15 is 0 Å². The number of hydrogen-bond donors (Lipinski definition) is 1. The highest BCUT2D eigenvalue weighted by atomic mass is 35.5. The third kappa shape index (κ3) is 4.71. The highest BCUT2D eigenvalue weighted by Gasteiger charge is 2.32. The van der Waals surface area contributed by atoms with Gasteiger partial charge in [-0.15, -0.1) is 0 Å². The van der Waals surface area contributed by atoms with Gasteiger partial charge < -0.3 is 5.11 Å². The van der Waals surface area contributed by atoms with Gasteiger partial charge in [-0.25, -0.2) is 4.99 Å². The van der Waals surface area contributed by atoms with Crippen molar-refractivity contribution < 1.29 is 14.7 Å². The van der Waals surface area contributed by atoms with Crippen molar-refractivity contribution in [2.75, 3.05) is 10.7 Å². The molecular weight excluding hydrogens is 407 g/mol. The van der Waals surface area contributed by atoms with Gasteiger partial charge in [-0.2, -0.15) is 0 Å². The monoisotopic (exact) mass is 420 g/mol. The van der Waals surface area contributed by atoms with Crippen LogP contribution in [0.2, 0.25) is 10.0 Å². The molecule has 0 unspecified atom stereocenters. The van der Waals surface area contributed by atoms with Crippen LogP contribution in [0, 0.1) is 0 Å². The number of halogens is 2. The van der Waals surface area contributed by atoms with Crippen molar-refractivity contribution in [3.63, 3.8) is 0 Å². The summed E-state index contributed by atoms with van der Waals surface area (Å²) in [4.78, 5) is 29.6. The first kappa shape index (κ1) is 19.5. The first-order valence-electron chi connectivity index (χ1n) is 7.95. The smallest absolute Gasteiger partial charge is 0.304 e. The molecule has 1 N–H and O–H groups in total. The molecular formula is C19H14Cl2N2O3S. The Morgan fingerprint density at radius 2 is 1.93 bits per heavy atom. The third-order valence-corrected chi connectivity index (χ3v) is 5.15. The van der Waals surface area contributed by atoms with Gasteiger partial charge in [0.25, 0.3) is 5.91 Å². The number of carboxylic acids is 1. The van der Waals surface area contributed by atoms with Crippen LogP contribution in [0.5, 0.6) is 0 Å². The summed E-state index contributed by atoms with van der Waals surface area (Å²) in [6, 6.07) is 14.1. The number of rotatable bonds is 5. The molecule has 0 saturated carbocycles. The van der Waals surface area contributed by atoms with Crippen molar-refractivity contribution in [1.82, 2.24) is 0 Å². The number of thioether (sulfide) groups is 1. The zero-order chi connectivity index (χ0) is 19.4. The second-order valence-electron chi connectivity index (χ2n) is 5.56. The Morgan fingerprint density at radius 1 is 1.19 bits per heavy atom. The van der Waals surface area contributed by atoms with Gasteiger partial charge in [-0.3, -0.25) is 14.5 Å². The molecule has 2 aromatic carbocycles. The highest BCUT2D eigenvalue weighted by Crippen LogP contribution is 2.31. The number of carbonyl (C=O) groups is 2. The Bertz CT molecular complexity index is 945. The topological polar surface area (TPSA) is 70.0 Å². The summed E-state index contributed by atoms with van der Waals surface area (Å²) in [5.74, 6) is -0.896. The summed E-state index contributed by atoms with van der Waals surface area (Å²) < 4.78 is 0. The lowest BCUT2D eigenvalue weighted by Crippen LogP contribution is -2.30. The SMILES string of the molecule is O=C(O)CCSC1=N/C(=C/c2ccc(Cl)cc2Cl)C(=O)N1c1ccccc1. The maximum atomic E-state index is 12.9. The zero-order valence-electron chi connectivity index (χ0n) is 13.9. The van der Waals surface area contributed by atoms with Crippen molar-refractivity contribution in [3.8, 4) is 0 Å². The minimum Gasteiger partial charge on any atom is -0.481 e. The number of aliphatic carboxylic acids is 1. The number of amides is 1. The first-order valence-corrected chi connectivity index (χ1v) is 9.69. The molecule has 0 aromatic heterocycles. The quantitative estimate of drug-likeness (QED) is 0.694. The number of carboxylic acid groups (broad SMARTS) is 1. The van der Waals surface area contributed by atoms with Crippen molar-refractivity contribution in [2.45, 2.75) is 6.42 Å². The molecule has 0 fully saturated rings. The van der Waals surface area contributed by atoms with E-state index in [1.54, 1.807) is 36.4 Å². The van der Waals surface area contributed by atoms with Gasteiger partial charge in [0.05, 0.1) is 12.1 Å². The van der Waals surface area contributed by atoms with Crippen molar-refractivity contribution in [3.05, 3.63) is 69.8 Å². The van der Waals surface area contributed by atoms with Crippen LogP contribution in [-0.4, -0.2) is 27.9 Å². The Hall–Kier alpha value is -2.28. The molecule has 2 aromatic rings. The number of carbonyl (C=O) groups excluding carboxylic acids is 1. The summed E-state index contributed by atoms with van der Waals surface area (Å²) >= 11 is 13.3. The summed E-state index contributed by atoms with van der Waals surface area (Å²) in [6.45, 7) is 0. The summed E-state index contributed by atoms with van der Waals surface area (Å²) in [5.41, 5.74) is 1.51. The van der Waals surface area contributed by atoms with Crippen molar-refractivity contribution >= 4 is 63.8 Å². The number of aliphatic imine (C=N–C) groups is 1. The van der Waals surface area contributed by atoms with Crippen molar-refractivity contribution in [2.24, 2.45) is 4.99 Å². The lowest BCUT2D eigenvalue weighted by Gasteiger charge is -2.17. The molecule has 1 aliphatic rings. The fourth-order valence-electron chi connectivity index (χ4n) is 2.39. The van der Waals surface area contributed by atoms with E-state index < -0.39 is 5.97 Å². The maximum absolute atomic E-state index is 12.9. The van der Waals surface area contributed by atoms with E-state index in [1.807, 2.05) is 18.2 Å². The molecule has 27 heavy (non-hydrogen) atoms. The van der Waals surface area contributed by atoms with E-state index in [2.05, 4.69) is 4.99 Å². The Morgan fingerprint density at radius 3 is 2.59 bits per heavy atom. The summed E-state index contributed by atoms with van der Waals surface area (Å²) in [6.07, 6.45) is 1.57. The standard InChI is InChI=1S/C19H14Cl2N2O3S/c20-13-7-6-12(15(21)11-13)10-16-18(26)23(14-4-2-1-3-5-14)19(22-16)27-9-8-17(24)25/h1-7,10-11H,8-9H2,(H,24,25)/b16-10+. The van der Waals surface area contributed by atoms with Gasteiger partial charge in [0.1, 0.15) is 5.70 Å². The van der Waals surface area contributed by atoms with Gasteiger partial charge in [0, 0.05) is 15.8 Å². The van der Waals surface area contributed by atoms with Crippen LogP contribution >= 0.6 is 35.0 Å². The average Bonchev–Trinajstić information content (AvgIpc) is 2.93. The van der Waals surface area contributed by atoms with Crippen LogP contribution in [-0.2, 0) is 9.59 Å². The number of para-hydroxylation sites is 1. The molecule has 5 nitrogen and oxygen atoms in total. The molecule has 8 heteroatoms. The fraction of sp³-hybridized carbons (Fsp3) is 0.105. The normalized spacial score (nSPS) is 15.3. The summed E-state index contributed by atoms with van der Waals surface area (Å²) in [7, 11) is 0. The third-order valence-electron chi connectivity index (χ3n) is 3.65. The molecule has 0 aliphatic carbocycles. The minimum absolute atomic E-state index is 0.0252. The molecule has 0 atom stereocenters. The number of amidine groups is 1. The van der Waals surface area contributed by atoms with E-state index in [4.69, 9.17) is 28.3 Å². The average molecular weight is 421 g/mol. The molecule has 1 heterocycles. The van der Waals surface area contributed by atoms with Crippen LogP contribution in [0.1, 0.15) is 12.0 Å². The number of anilines is 1. The molecule has 0 saturated heterocycles. The molecule has 3 rings (SSSR count). The van der Waals surface area contributed by atoms with E-state index in [0.29, 0.717) is 32.2 Å². The van der Waals surface area contributed by atoms with Crippen LogP contribution in [0.4, 0.5) is 5.69 Å². The minimum atomic E-state index is -0.901. The van der Waals surface area contributed by atoms with Crippen LogP contribution in [0.3, 0.4) is 0 Å². The lowest BCUT2D eigenvalue weighted by molar-refractivity contribution is -0.136. The predicted molar refractivity (Wildman–Crippen MR) is 111 cm³/mol. The van der Waals surface area contributed by atoms with Crippen LogP contribution in [0.25, 0.3) is 6.08 Å². The summed E-state index contributed by atoms with van der Waals surface area (Å²) in [5, 5.41) is 10.2. The second kappa shape index (κ2) is 8.61. The molecule has 1 aliphatic heterocycles. The number of benzene rings is 2. The molecule has 1 amide bonds. The first-order chi connectivity index (χ1) is 13.0. The second-order valence-corrected chi connectivity index (χ2v) is 7.46. The predicted octanol–water partition coefficient (Wildman–Crippen LogP) is 4.95. The van der Waals surface area contributed by atoms with Gasteiger partial charge in [-0.05, 0) is 35.9 Å². The van der Waals surface area contributed by atoms with Gasteiger partial charge >= 0.3 is 5.97 Å². The van der Waals surface area contributed by atoms with E-state index in [0.717, 1.165) is 0 Å². The lowest BCUT2D eigenvalue weighted by atomic mass is 10.2. The maximum Gasteiger partial charge on any atom is 0.304 e. The Balaban J connectivity index is 1.95. The Labute approximate surface area is 170 Å². The van der Waals surface area contributed by atoms with Crippen molar-refractivity contribution in [1.29, 1.82) is 0 Å². The molecule has 138 valence electrons. The largest absolute Gasteiger partial charge is 0.481 e. The highest BCUT2D eigenvalue weighted by molar-refractivity contribution is 8.14. The van der Waals surface area contributed by atoms with E-state index in [-0.39, 0.29) is 18.0 Å². The number of hydrogen-bond acceptors (Lipinski definition) is 4. The molecule has 0 radical (unpaired) electrons. The molecule has 0 bridgehead atoms. The number of nitrogens with zero attached hydrogens (tertiary/aromatic N) is 2.